The molecular formula is C51H77N5O. The molecule has 0 aliphatic rings. The molecule has 6 nitrogen and oxygen atoms in total. The largest absolute Gasteiger partial charge is 0.349 e. The minimum Gasteiger partial charge on any atom is -0.349 e. The number of benzene rings is 2. The summed E-state index contributed by atoms with van der Waals surface area (Å²) < 4.78 is 4.64. The zero-order valence-electron chi connectivity index (χ0n) is 36.2. The highest BCUT2D eigenvalue weighted by molar-refractivity contribution is 5.82. The topological polar surface area (TPSA) is 68.5 Å². The summed E-state index contributed by atoms with van der Waals surface area (Å²) in [6.07, 6.45) is 37.7. The Bertz CT molecular complexity index is 1750. The summed E-state index contributed by atoms with van der Waals surface area (Å²) in [5, 5.41) is 0. The number of unbranched alkanes of at least 4 members (excludes halogenated alkanes) is 26. The molecule has 57 heavy (non-hydrogen) atoms. The molecule has 6 heteroatoms. The van der Waals surface area contributed by atoms with Crippen molar-refractivity contribution in [2.24, 2.45) is 0 Å². The minimum absolute atomic E-state index is 0.0241. The van der Waals surface area contributed by atoms with E-state index in [1.54, 1.807) is 12.1 Å². The summed E-state index contributed by atoms with van der Waals surface area (Å²) in [5.74, 6) is 1.67. The molecule has 5 rings (SSSR count). The first-order chi connectivity index (χ1) is 28.2. The van der Waals surface area contributed by atoms with E-state index in [1.165, 1.54) is 167 Å². The predicted octanol–water partition coefficient (Wildman–Crippen LogP) is 15.4. The molecule has 0 saturated heterocycles. The molecule has 2 aromatic carbocycles. The lowest BCUT2D eigenvalue weighted by Crippen LogP contribution is -2.09. The van der Waals surface area contributed by atoms with Crippen LogP contribution in [-0.4, -0.2) is 24.1 Å². The molecular weight excluding hydrogens is 699 g/mol. The lowest BCUT2D eigenvalue weighted by atomic mass is 10.0. The van der Waals surface area contributed by atoms with Gasteiger partial charge in [-0.05, 0) is 37.1 Å². The number of rotatable bonds is 32. The van der Waals surface area contributed by atoms with Gasteiger partial charge in [0.05, 0.1) is 33.5 Å². The predicted molar refractivity (Wildman–Crippen MR) is 245 cm³/mol. The van der Waals surface area contributed by atoms with Crippen LogP contribution in [0.2, 0.25) is 0 Å². The van der Waals surface area contributed by atoms with Crippen molar-refractivity contribution in [3.05, 3.63) is 70.9 Å². The van der Waals surface area contributed by atoms with Gasteiger partial charge >= 0.3 is 0 Å². The van der Waals surface area contributed by atoms with Gasteiger partial charge in [0.1, 0.15) is 0 Å². The van der Waals surface area contributed by atoms with Gasteiger partial charge in [-0.2, -0.15) is 0 Å². The Kier molecular flexibility index (Phi) is 20.5. The first kappa shape index (κ1) is 44.4. The van der Waals surface area contributed by atoms with Crippen LogP contribution in [0.1, 0.15) is 194 Å². The van der Waals surface area contributed by atoms with Crippen LogP contribution < -0.4 is 5.43 Å². The molecule has 3 aromatic heterocycles. The zero-order valence-corrected chi connectivity index (χ0v) is 36.2. The Hall–Kier alpha value is -3.67. The van der Waals surface area contributed by atoms with E-state index in [1.807, 2.05) is 0 Å². The molecule has 0 radical (unpaired) electrons. The Labute approximate surface area is 345 Å². The van der Waals surface area contributed by atoms with Crippen LogP contribution in [-0.2, 0) is 13.1 Å². The summed E-state index contributed by atoms with van der Waals surface area (Å²) in [7, 11) is 0. The first-order valence-corrected chi connectivity index (χ1v) is 23.8. The molecule has 0 fully saturated rings. The van der Waals surface area contributed by atoms with Gasteiger partial charge in [0.15, 0.2) is 17.1 Å². The fourth-order valence-corrected chi connectivity index (χ4v) is 8.73. The summed E-state index contributed by atoms with van der Waals surface area (Å²) in [5.41, 5.74) is 5.67. The second-order valence-corrected chi connectivity index (χ2v) is 17.0. The molecule has 0 atom stereocenters. The third-order valence-corrected chi connectivity index (χ3v) is 12.1. The smallest absolute Gasteiger partial charge is 0.183 e. The van der Waals surface area contributed by atoms with E-state index in [9.17, 15) is 4.79 Å². The van der Waals surface area contributed by atoms with Crippen molar-refractivity contribution in [3.8, 4) is 23.0 Å². The van der Waals surface area contributed by atoms with Crippen molar-refractivity contribution in [3.63, 3.8) is 0 Å². The number of hydrogen-bond donors (Lipinski definition) is 1. The number of aryl methyl sites for hydroxylation is 2. The maximum absolute atomic E-state index is 13.4. The Morgan fingerprint density at radius 1 is 0.421 bits per heavy atom. The number of hydrogen-bond acceptors (Lipinski definition) is 3. The zero-order chi connectivity index (χ0) is 39.8. The number of nitrogens with zero attached hydrogens (tertiary/aromatic N) is 4. The van der Waals surface area contributed by atoms with Crippen LogP contribution >= 0.6 is 0 Å². The third kappa shape index (κ3) is 14.9. The van der Waals surface area contributed by atoms with Gasteiger partial charge in [0.25, 0.3) is 0 Å². The number of aromatic amines is 1. The molecule has 0 unspecified atom stereocenters. The van der Waals surface area contributed by atoms with E-state index in [-0.39, 0.29) is 5.43 Å². The normalized spacial score (nSPS) is 11.8. The Morgan fingerprint density at radius 3 is 1.05 bits per heavy atom. The van der Waals surface area contributed by atoms with Crippen LogP contribution in [0, 0.1) is 0 Å². The van der Waals surface area contributed by atoms with Crippen LogP contribution in [0.5, 0.6) is 0 Å². The van der Waals surface area contributed by atoms with Crippen molar-refractivity contribution >= 4 is 22.1 Å². The van der Waals surface area contributed by atoms with Crippen molar-refractivity contribution in [1.82, 2.24) is 24.1 Å². The molecule has 0 aliphatic heterocycles. The van der Waals surface area contributed by atoms with Gasteiger partial charge in [0, 0.05) is 25.2 Å². The van der Waals surface area contributed by atoms with E-state index in [0.29, 0.717) is 0 Å². The summed E-state index contributed by atoms with van der Waals surface area (Å²) in [4.78, 5) is 27.3. The highest BCUT2D eigenvalue weighted by Gasteiger charge is 2.18. The molecule has 0 amide bonds. The minimum atomic E-state index is -0.0241. The standard InChI is InChI=1S/C51H77N5O/c1-3-5-7-9-11-13-15-17-19-21-23-25-27-33-39-55-48-37-31-29-35-44(48)53-50(55)46-41-43(57)42-47(52-46)51-54-45-36-30-32-38-49(45)56(51)40-34-28-26-24-22-20-18-16-14-12-10-8-6-4-2/h29-32,35-38,41-42H,3-28,33-34,39-40H2,1-2H3,(H,52,57). The lowest BCUT2D eigenvalue weighted by Gasteiger charge is -2.12. The van der Waals surface area contributed by atoms with Crippen molar-refractivity contribution in [2.45, 2.75) is 207 Å². The van der Waals surface area contributed by atoms with E-state index in [0.717, 1.165) is 71.0 Å². The maximum Gasteiger partial charge on any atom is 0.183 e. The molecule has 0 spiro atoms. The first-order valence-electron chi connectivity index (χ1n) is 23.8. The average molecular weight is 776 g/mol. The van der Waals surface area contributed by atoms with Crippen LogP contribution in [0.15, 0.2) is 65.5 Å². The molecule has 1 N–H and O–H groups in total. The lowest BCUT2D eigenvalue weighted by molar-refractivity contribution is 0.526. The van der Waals surface area contributed by atoms with Crippen LogP contribution in [0.25, 0.3) is 45.1 Å². The Morgan fingerprint density at radius 2 is 0.719 bits per heavy atom. The monoisotopic (exact) mass is 776 g/mol. The second-order valence-electron chi connectivity index (χ2n) is 17.0. The van der Waals surface area contributed by atoms with Gasteiger partial charge in [-0.3, -0.25) is 4.79 Å². The second kappa shape index (κ2) is 26.4. The number of aromatic nitrogens is 5. The molecule has 312 valence electrons. The van der Waals surface area contributed by atoms with Crippen LogP contribution in [0.3, 0.4) is 0 Å². The fraction of sp³-hybridized carbons (Fsp3) is 0.627. The SMILES string of the molecule is CCCCCCCCCCCCCCCCn1c(-c2cc(=O)cc(-c3nc4ccccc4n3CCCCCCCCCCCCCCCC)[nH]2)nc2ccccc21. The molecule has 0 aliphatic carbocycles. The molecule has 0 bridgehead atoms. The van der Waals surface area contributed by atoms with Gasteiger partial charge in [-0.25, -0.2) is 9.97 Å². The summed E-state index contributed by atoms with van der Waals surface area (Å²) in [6.45, 7) is 6.36. The molecule has 0 saturated carbocycles. The number of para-hydroxylation sites is 4. The highest BCUT2D eigenvalue weighted by atomic mass is 16.1. The van der Waals surface area contributed by atoms with Gasteiger partial charge in [0.2, 0.25) is 0 Å². The summed E-state index contributed by atoms with van der Waals surface area (Å²) in [6, 6.07) is 20.2. The van der Waals surface area contributed by atoms with E-state index >= 15 is 0 Å². The van der Waals surface area contributed by atoms with E-state index < -0.39 is 0 Å². The highest BCUT2D eigenvalue weighted by Crippen LogP contribution is 2.28. The average Bonchev–Trinajstić information content (AvgIpc) is 3.79. The van der Waals surface area contributed by atoms with Gasteiger partial charge < -0.3 is 14.1 Å². The third-order valence-electron chi connectivity index (χ3n) is 12.1. The van der Waals surface area contributed by atoms with E-state index in [4.69, 9.17) is 9.97 Å². The maximum atomic E-state index is 13.4. The molecule has 3 heterocycles. The van der Waals surface area contributed by atoms with Gasteiger partial charge in [-0.15, -0.1) is 0 Å². The number of fused-ring (bicyclic) bond motifs is 2. The number of pyridine rings is 1. The number of imidazole rings is 2. The summed E-state index contributed by atoms with van der Waals surface area (Å²) >= 11 is 0. The van der Waals surface area contributed by atoms with E-state index in [2.05, 4.69) is 76.5 Å². The van der Waals surface area contributed by atoms with Crippen molar-refractivity contribution in [2.75, 3.05) is 0 Å². The Balaban J connectivity index is 1.14. The fourth-order valence-electron chi connectivity index (χ4n) is 8.73. The van der Waals surface area contributed by atoms with Gasteiger partial charge in [-0.1, -0.05) is 205 Å². The van der Waals surface area contributed by atoms with Crippen LogP contribution in [0.4, 0.5) is 0 Å². The number of nitrogens with one attached hydrogen (secondary N) is 1. The number of H-pyrrole nitrogens is 1. The van der Waals surface area contributed by atoms with Crippen molar-refractivity contribution in [1.29, 1.82) is 0 Å². The van der Waals surface area contributed by atoms with Crippen molar-refractivity contribution < 1.29 is 0 Å². The molecule has 5 aromatic rings. The quantitative estimate of drug-likeness (QED) is 0.0442.